The van der Waals surface area contributed by atoms with Gasteiger partial charge in [0.25, 0.3) is 0 Å². The van der Waals surface area contributed by atoms with Crippen LogP contribution in [-0.2, 0) is 9.84 Å². The monoisotopic (exact) mass is 443 g/mol. The average Bonchev–Trinajstić information content (AvgIpc) is 2.47. The second-order valence-electron chi connectivity index (χ2n) is 4.25. The van der Waals surface area contributed by atoms with E-state index in [1.807, 2.05) is 0 Å². The Morgan fingerprint density at radius 3 is 2.55 bits per heavy atom. The van der Waals surface area contributed by atoms with E-state index in [2.05, 4.69) is 31.9 Å². The number of hydrogen-bond donors (Lipinski definition) is 0. The minimum Gasteiger partial charge on any atom is -0.218 e. The highest BCUT2D eigenvalue weighted by Crippen LogP contribution is 2.30. The minimum atomic E-state index is -4.01. The molecule has 2 aromatic carbocycles. The third-order valence-electron chi connectivity index (χ3n) is 2.73. The smallest absolute Gasteiger partial charge is 0.217 e. The summed E-state index contributed by atoms with van der Waals surface area (Å²) < 4.78 is 39.3. The summed E-state index contributed by atoms with van der Waals surface area (Å²) in [5, 5.41) is 9.20. The largest absolute Gasteiger partial charge is 0.218 e. The van der Waals surface area contributed by atoms with Crippen LogP contribution in [0.5, 0.6) is 0 Å². The summed E-state index contributed by atoms with van der Waals surface area (Å²) >= 11 is 6.36. The molecule has 3 nitrogen and oxygen atoms in total. The number of nitrogens with zero attached hydrogens (tertiary/aromatic N) is 1. The fraction of sp³-hybridized carbons (Fsp3) is 0. The van der Waals surface area contributed by atoms with Crippen molar-refractivity contribution in [1.82, 2.24) is 0 Å². The molecule has 0 aliphatic heterocycles. The molecule has 0 fully saturated rings. The predicted molar refractivity (Wildman–Crippen MR) is 89.0 cm³/mol. The van der Waals surface area contributed by atoms with Crippen molar-refractivity contribution in [2.24, 2.45) is 0 Å². The van der Waals surface area contributed by atoms with Crippen molar-refractivity contribution in [3.8, 4) is 6.07 Å². The van der Waals surface area contributed by atoms with Crippen LogP contribution in [0.3, 0.4) is 0 Å². The Kier molecular flexibility index (Phi) is 5.16. The summed E-state index contributed by atoms with van der Waals surface area (Å²) in [5.41, 5.74) is 0.297. The van der Waals surface area contributed by atoms with E-state index in [0.717, 1.165) is 12.1 Å². The van der Waals surface area contributed by atoms with Gasteiger partial charge < -0.3 is 0 Å². The molecule has 0 aromatic heterocycles. The third kappa shape index (κ3) is 3.64. The molecule has 0 radical (unpaired) electrons. The highest BCUT2D eigenvalue weighted by atomic mass is 79.9. The molecule has 0 aliphatic carbocycles. The zero-order valence-corrected chi connectivity index (χ0v) is 14.9. The third-order valence-corrected chi connectivity index (χ3v) is 5.88. The molecule has 0 bridgehead atoms. The summed E-state index contributed by atoms with van der Waals surface area (Å²) in [6.45, 7) is 0. The second-order valence-corrected chi connectivity index (χ2v) is 7.91. The predicted octanol–water partition coefficient (Wildman–Crippen LogP) is 4.69. The van der Waals surface area contributed by atoms with Gasteiger partial charge in [0.2, 0.25) is 9.84 Å². The molecule has 112 valence electrons. The summed E-state index contributed by atoms with van der Waals surface area (Å²) in [7, 11) is -4.01. The first-order chi connectivity index (χ1) is 10.3. The fourth-order valence-electron chi connectivity index (χ4n) is 1.72. The van der Waals surface area contributed by atoms with E-state index in [-0.39, 0.29) is 4.90 Å². The average molecular weight is 445 g/mol. The van der Waals surface area contributed by atoms with E-state index in [0.29, 0.717) is 14.5 Å². The molecule has 0 saturated heterocycles. The van der Waals surface area contributed by atoms with Gasteiger partial charge in [0.15, 0.2) is 0 Å². The number of halogens is 3. The highest BCUT2D eigenvalue weighted by Gasteiger charge is 2.23. The molecule has 0 unspecified atom stereocenters. The number of nitriles is 1. The summed E-state index contributed by atoms with van der Waals surface area (Å²) in [6, 6.07) is 11.7. The van der Waals surface area contributed by atoms with Gasteiger partial charge in [-0.2, -0.15) is 5.26 Å². The van der Waals surface area contributed by atoms with Crippen molar-refractivity contribution >= 4 is 47.8 Å². The molecule has 0 saturated carbocycles. The van der Waals surface area contributed by atoms with E-state index >= 15 is 0 Å². The van der Waals surface area contributed by atoms with Crippen LogP contribution in [-0.4, -0.2) is 8.42 Å². The van der Waals surface area contributed by atoms with Crippen LogP contribution in [0.15, 0.2) is 61.2 Å². The SMILES string of the molecule is N#CC(=Cc1cccc(F)c1)S(=O)(=O)c1cc(Br)ccc1Br. The standard InChI is InChI=1S/C15H8Br2FNO2S/c16-11-4-5-14(17)15(8-11)22(20,21)13(9-19)7-10-2-1-3-12(18)6-10/h1-8H. The highest BCUT2D eigenvalue weighted by molar-refractivity contribution is 9.11. The Labute approximate surface area is 144 Å². The Morgan fingerprint density at radius 1 is 1.18 bits per heavy atom. The molecule has 0 aliphatic rings. The van der Waals surface area contributed by atoms with Gasteiger partial charge in [0.1, 0.15) is 16.8 Å². The fourth-order valence-corrected chi connectivity index (χ4v) is 4.37. The Bertz CT molecular complexity index is 902. The molecular weight excluding hydrogens is 437 g/mol. The van der Waals surface area contributed by atoms with Crippen LogP contribution in [0.2, 0.25) is 0 Å². The lowest BCUT2D eigenvalue weighted by molar-refractivity contribution is 0.602. The Balaban J connectivity index is 2.60. The van der Waals surface area contributed by atoms with Gasteiger partial charge in [-0.15, -0.1) is 0 Å². The minimum absolute atomic E-state index is 0.0360. The van der Waals surface area contributed by atoms with Crippen LogP contribution in [0, 0.1) is 17.1 Å². The topological polar surface area (TPSA) is 57.9 Å². The molecule has 2 aromatic rings. The lowest BCUT2D eigenvalue weighted by atomic mass is 10.2. The van der Waals surface area contributed by atoms with Crippen molar-refractivity contribution in [2.45, 2.75) is 4.90 Å². The number of benzene rings is 2. The maximum Gasteiger partial charge on any atom is 0.217 e. The van der Waals surface area contributed by atoms with Gasteiger partial charge in [-0.05, 0) is 57.9 Å². The quantitative estimate of drug-likeness (QED) is 0.645. The van der Waals surface area contributed by atoms with Crippen LogP contribution >= 0.6 is 31.9 Å². The molecule has 0 N–H and O–H groups in total. The number of rotatable bonds is 3. The van der Waals surface area contributed by atoms with Gasteiger partial charge in [0.05, 0.1) is 4.90 Å². The van der Waals surface area contributed by atoms with E-state index in [4.69, 9.17) is 0 Å². The van der Waals surface area contributed by atoms with Gasteiger partial charge in [0, 0.05) is 8.95 Å². The first-order valence-electron chi connectivity index (χ1n) is 5.92. The summed E-state index contributed by atoms with van der Waals surface area (Å²) in [5.74, 6) is -0.507. The molecule has 0 spiro atoms. The van der Waals surface area contributed by atoms with Crippen molar-refractivity contribution in [2.75, 3.05) is 0 Å². The lowest BCUT2D eigenvalue weighted by Gasteiger charge is -2.06. The van der Waals surface area contributed by atoms with Gasteiger partial charge >= 0.3 is 0 Å². The molecule has 0 amide bonds. The number of sulfone groups is 1. The summed E-state index contributed by atoms with van der Waals surface area (Å²) in [4.78, 5) is -0.497. The van der Waals surface area contributed by atoms with Crippen LogP contribution in [0.1, 0.15) is 5.56 Å². The van der Waals surface area contributed by atoms with E-state index in [1.165, 1.54) is 24.3 Å². The van der Waals surface area contributed by atoms with Crippen LogP contribution < -0.4 is 0 Å². The first kappa shape index (κ1) is 16.9. The van der Waals surface area contributed by atoms with E-state index in [1.54, 1.807) is 18.2 Å². The van der Waals surface area contributed by atoms with E-state index < -0.39 is 20.6 Å². The van der Waals surface area contributed by atoms with E-state index in [9.17, 15) is 18.1 Å². The van der Waals surface area contributed by atoms with Gasteiger partial charge in [-0.3, -0.25) is 0 Å². The van der Waals surface area contributed by atoms with Crippen molar-refractivity contribution < 1.29 is 12.8 Å². The van der Waals surface area contributed by atoms with Crippen molar-refractivity contribution in [3.63, 3.8) is 0 Å². The lowest BCUT2D eigenvalue weighted by Crippen LogP contribution is -2.04. The normalized spacial score (nSPS) is 12.0. The molecule has 2 rings (SSSR count). The van der Waals surface area contributed by atoms with Crippen LogP contribution in [0.4, 0.5) is 4.39 Å². The maximum atomic E-state index is 13.2. The second kappa shape index (κ2) is 6.73. The summed E-state index contributed by atoms with van der Waals surface area (Å²) in [6.07, 6.45) is 1.14. The zero-order valence-electron chi connectivity index (χ0n) is 10.9. The van der Waals surface area contributed by atoms with Gasteiger partial charge in [-0.1, -0.05) is 28.1 Å². The van der Waals surface area contributed by atoms with Crippen LogP contribution in [0.25, 0.3) is 6.08 Å². The Morgan fingerprint density at radius 2 is 1.91 bits per heavy atom. The number of allylic oxidation sites excluding steroid dienone is 1. The molecule has 7 heteroatoms. The molecule has 0 atom stereocenters. The van der Waals surface area contributed by atoms with Crippen molar-refractivity contribution in [1.29, 1.82) is 5.26 Å². The maximum absolute atomic E-state index is 13.2. The Hall–Kier alpha value is -1.49. The number of hydrogen-bond acceptors (Lipinski definition) is 3. The molecule has 22 heavy (non-hydrogen) atoms. The first-order valence-corrected chi connectivity index (χ1v) is 8.99. The van der Waals surface area contributed by atoms with Gasteiger partial charge in [-0.25, -0.2) is 12.8 Å². The van der Waals surface area contributed by atoms with Crippen molar-refractivity contribution in [3.05, 3.63) is 67.7 Å². The zero-order chi connectivity index (χ0) is 16.3. The molecule has 0 heterocycles. The molecular formula is C15H8Br2FNO2S.